The number of amides is 1. The minimum absolute atomic E-state index is 0.0503. The Kier molecular flexibility index (Phi) is 6.99. The number of ether oxygens (including phenoxy) is 1. The number of thiophene rings is 1. The summed E-state index contributed by atoms with van der Waals surface area (Å²) in [5.74, 6) is -3.87. The van der Waals surface area contributed by atoms with E-state index in [1.165, 1.54) is 48.6 Å². The van der Waals surface area contributed by atoms with E-state index in [0.29, 0.717) is 30.9 Å². The van der Waals surface area contributed by atoms with Crippen LogP contribution in [0.15, 0.2) is 54.6 Å². The molecule has 0 radical (unpaired) electrons. The van der Waals surface area contributed by atoms with E-state index >= 15 is 0 Å². The third kappa shape index (κ3) is 5.31. The van der Waals surface area contributed by atoms with Crippen molar-refractivity contribution in [2.45, 2.75) is 44.3 Å². The lowest BCUT2D eigenvalue weighted by atomic mass is 10.0. The Labute approximate surface area is 177 Å². The summed E-state index contributed by atoms with van der Waals surface area (Å²) in [6, 6.07) is 10.4. The molecule has 1 amide bonds. The van der Waals surface area contributed by atoms with Crippen LogP contribution >= 0.6 is 11.3 Å². The molecule has 160 valence electrons. The molecule has 0 aliphatic carbocycles. The van der Waals surface area contributed by atoms with Gasteiger partial charge in [-0.2, -0.15) is 8.78 Å². The monoisotopic (exact) mass is 435 g/mol. The summed E-state index contributed by atoms with van der Waals surface area (Å²) in [6.45, 7) is 1.74. The number of likely N-dealkylation sites (tertiary alicyclic amines) is 1. The molecular formula is C22H23F2NO4S. The predicted molar refractivity (Wildman–Crippen MR) is 110 cm³/mol. The summed E-state index contributed by atoms with van der Waals surface area (Å²) in [6.07, 6.45) is 2.00. The van der Waals surface area contributed by atoms with Gasteiger partial charge in [-0.15, -0.1) is 11.3 Å². The molecule has 1 saturated heterocycles. The molecule has 1 aliphatic rings. The van der Waals surface area contributed by atoms with Crippen LogP contribution in [-0.2, 0) is 21.9 Å². The Morgan fingerprint density at radius 2 is 2.07 bits per heavy atom. The average Bonchev–Trinajstić information content (AvgIpc) is 3.30. The first kappa shape index (κ1) is 22.1. The van der Waals surface area contributed by atoms with E-state index in [4.69, 9.17) is 4.74 Å². The highest BCUT2D eigenvalue weighted by atomic mass is 32.1. The third-order valence-corrected chi connectivity index (χ3v) is 5.92. The second-order valence-corrected chi connectivity index (χ2v) is 8.21. The van der Waals surface area contributed by atoms with Gasteiger partial charge in [0.1, 0.15) is 6.10 Å². The molecule has 1 aromatic heterocycles. The van der Waals surface area contributed by atoms with Crippen molar-refractivity contribution in [1.29, 1.82) is 0 Å². The fourth-order valence-electron chi connectivity index (χ4n) is 3.35. The van der Waals surface area contributed by atoms with E-state index in [1.54, 1.807) is 17.0 Å². The zero-order valence-corrected chi connectivity index (χ0v) is 17.3. The summed E-state index contributed by atoms with van der Waals surface area (Å²) in [4.78, 5) is 25.8. The van der Waals surface area contributed by atoms with Crippen LogP contribution in [0.2, 0.25) is 0 Å². The molecule has 5 nitrogen and oxygen atoms in total. The lowest BCUT2D eigenvalue weighted by Crippen LogP contribution is -2.34. The standard InChI is InChI=1S/C22H23F2NO4S/c1-15(26)29-21-12-9-18(30-21)13-14-25-17(8-11-20(25)28)7-10-19(27)22(23,24)16-5-3-2-4-6-16/h2-7,9-10,12,17,19,27H,8,11,13-14H2,1H3. The largest absolute Gasteiger partial charge is 0.416 e. The maximum atomic E-state index is 14.4. The number of benzene rings is 1. The van der Waals surface area contributed by atoms with E-state index in [9.17, 15) is 23.5 Å². The number of carbonyl (C=O) groups excluding carboxylic acids is 2. The normalized spacial score (nSPS) is 18.2. The molecule has 0 saturated carbocycles. The molecule has 2 aromatic rings. The van der Waals surface area contributed by atoms with Crippen LogP contribution in [-0.4, -0.2) is 40.6 Å². The van der Waals surface area contributed by atoms with Gasteiger partial charge in [-0.25, -0.2) is 0 Å². The van der Waals surface area contributed by atoms with Gasteiger partial charge in [0, 0.05) is 30.3 Å². The summed E-state index contributed by atoms with van der Waals surface area (Å²) in [5, 5.41) is 10.5. The Bertz CT molecular complexity index is 913. The first-order chi connectivity index (χ1) is 14.3. The van der Waals surface area contributed by atoms with E-state index in [1.807, 2.05) is 6.07 Å². The molecule has 2 atom stereocenters. The summed E-state index contributed by atoms with van der Waals surface area (Å²) < 4.78 is 33.9. The highest BCUT2D eigenvalue weighted by Gasteiger charge is 2.39. The Balaban J connectivity index is 1.61. The fraction of sp³-hybridized carbons (Fsp3) is 0.364. The molecule has 0 spiro atoms. The van der Waals surface area contributed by atoms with Crippen LogP contribution in [0.25, 0.3) is 0 Å². The maximum Gasteiger partial charge on any atom is 0.308 e. The van der Waals surface area contributed by atoms with Crippen LogP contribution in [0.5, 0.6) is 5.06 Å². The van der Waals surface area contributed by atoms with Crippen LogP contribution < -0.4 is 4.74 Å². The second kappa shape index (κ2) is 9.49. The van der Waals surface area contributed by atoms with Crippen LogP contribution in [0.1, 0.15) is 30.2 Å². The van der Waals surface area contributed by atoms with Crippen molar-refractivity contribution in [3.8, 4) is 5.06 Å². The lowest BCUT2D eigenvalue weighted by molar-refractivity contribution is -0.131. The number of hydrogen-bond donors (Lipinski definition) is 1. The van der Waals surface area contributed by atoms with Crippen molar-refractivity contribution >= 4 is 23.2 Å². The van der Waals surface area contributed by atoms with Gasteiger partial charge in [0.05, 0.1) is 6.04 Å². The summed E-state index contributed by atoms with van der Waals surface area (Å²) in [7, 11) is 0. The van der Waals surface area contributed by atoms with Gasteiger partial charge >= 0.3 is 11.9 Å². The molecule has 30 heavy (non-hydrogen) atoms. The van der Waals surface area contributed by atoms with E-state index in [-0.39, 0.29) is 17.5 Å². The zero-order valence-electron chi connectivity index (χ0n) is 16.5. The van der Waals surface area contributed by atoms with Gasteiger partial charge < -0.3 is 14.7 Å². The molecule has 2 heterocycles. The van der Waals surface area contributed by atoms with E-state index in [2.05, 4.69) is 0 Å². The lowest BCUT2D eigenvalue weighted by Gasteiger charge is -2.24. The molecule has 1 aliphatic heterocycles. The zero-order chi connectivity index (χ0) is 21.7. The van der Waals surface area contributed by atoms with Gasteiger partial charge in [-0.3, -0.25) is 9.59 Å². The Morgan fingerprint density at radius 1 is 1.33 bits per heavy atom. The number of aliphatic hydroxyl groups is 1. The molecule has 8 heteroatoms. The fourth-order valence-corrected chi connectivity index (χ4v) is 4.23. The number of esters is 1. The number of aliphatic hydroxyl groups excluding tert-OH is 1. The molecule has 3 rings (SSSR count). The van der Waals surface area contributed by atoms with Crippen LogP contribution in [0, 0.1) is 0 Å². The average molecular weight is 435 g/mol. The first-order valence-corrected chi connectivity index (χ1v) is 10.5. The number of rotatable bonds is 8. The maximum absolute atomic E-state index is 14.4. The summed E-state index contributed by atoms with van der Waals surface area (Å²) >= 11 is 1.33. The molecule has 0 bridgehead atoms. The molecule has 1 fully saturated rings. The van der Waals surface area contributed by atoms with Gasteiger partial charge in [-0.1, -0.05) is 42.5 Å². The van der Waals surface area contributed by atoms with Gasteiger partial charge in [0.25, 0.3) is 0 Å². The number of nitrogens with zero attached hydrogens (tertiary/aromatic N) is 1. The van der Waals surface area contributed by atoms with E-state index < -0.39 is 18.0 Å². The minimum Gasteiger partial charge on any atom is -0.416 e. The Hall–Kier alpha value is -2.58. The second-order valence-electron chi connectivity index (χ2n) is 7.08. The van der Waals surface area contributed by atoms with Crippen molar-refractivity contribution in [3.05, 3.63) is 65.1 Å². The van der Waals surface area contributed by atoms with Gasteiger partial charge in [0.2, 0.25) is 5.91 Å². The molecule has 2 unspecified atom stereocenters. The number of halogens is 2. The number of carbonyl (C=O) groups is 2. The van der Waals surface area contributed by atoms with Gasteiger partial charge in [0.15, 0.2) is 5.06 Å². The smallest absolute Gasteiger partial charge is 0.308 e. The topological polar surface area (TPSA) is 66.8 Å². The van der Waals surface area contributed by atoms with Crippen molar-refractivity contribution in [3.63, 3.8) is 0 Å². The van der Waals surface area contributed by atoms with Crippen LogP contribution in [0.3, 0.4) is 0 Å². The van der Waals surface area contributed by atoms with Crippen molar-refractivity contribution in [2.24, 2.45) is 0 Å². The van der Waals surface area contributed by atoms with E-state index in [0.717, 1.165) is 11.0 Å². The van der Waals surface area contributed by atoms with Crippen molar-refractivity contribution in [1.82, 2.24) is 4.90 Å². The minimum atomic E-state index is -3.42. The van der Waals surface area contributed by atoms with Crippen molar-refractivity contribution < 1.29 is 28.2 Å². The third-order valence-electron chi connectivity index (χ3n) is 4.90. The number of hydrogen-bond acceptors (Lipinski definition) is 5. The van der Waals surface area contributed by atoms with Gasteiger partial charge in [-0.05, 0) is 25.0 Å². The molecule has 1 N–H and O–H groups in total. The first-order valence-electron chi connectivity index (χ1n) is 9.63. The highest BCUT2D eigenvalue weighted by molar-refractivity contribution is 7.13. The quantitative estimate of drug-likeness (QED) is 0.504. The molecular weight excluding hydrogens is 412 g/mol. The van der Waals surface area contributed by atoms with Crippen LogP contribution in [0.4, 0.5) is 8.78 Å². The highest BCUT2D eigenvalue weighted by Crippen LogP contribution is 2.33. The Morgan fingerprint density at radius 3 is 2.77 bits per heavy atom. The van der Waals surface area contributed by atoms with Crippen molar-refractivity contribution in [2.75, 3.05) is 6.54 Å². The molecule has 1 aromatic carbocycles. The summed E-state index contributed by atoms with van der Waals surface area (Å²) in [5.41, 5.74) is -0.261. The SMILES string of the molecule is CC(=O)Oc1ccc(CCN2C(=O)CCC2C=CC(O)C(F)(F)c2ccccc2)s1. The number of alkyl halides is 2. The predicted octanol–water partition coefficient (Wildman–Crippen LogP) is 3.92.